The highest BCUT2D eigenvalue weighted by Gasteiger charge is 2.23. The quantitative estimate of drug-likeness (QED) is 0.868. The third kappa shape index (κ3) is 2.86. The Bertz CT molecular complexity index is 403. The number of carboxylic acids is 1. The highest BCUT2D eigenvalue weighted by Crippen LogP contribution is 2.33. The van der Waals surface area contributed by atoms with Crippen molar-refractivity contribution in [1.29, 1.82) is 0 Å². The minimum Gasteiger partial charge on any atom is -0.481 e. The van der Waals surface area contributed by atoms with Gasteiger partial charge in [-0.15, -0.1) is 0 Å². The largest absolute Gasteiger partial charge is 0.481 e. The molecule has 0 spiro atoms. The Balaban J connectivity index is 2.09. The van der Waals surface area contributed by atoms with Gasteiger partial charge in [0.05, 0.1) is 6.42 Å². The van der Waals surface area contributed by atoms with E-state index < -0.39 is 5.97 Å². The van der Waals surface area contributed by atoms with Crippen molar-refractivity contribution >= 4 is 5.97 Å². The zero-order chi connectivity index (χ0) is 12.3. The number of aryl methyl sites for hydroxylation is 1. The molecule has 0 aromatic heterocycles. The lowest BCUT2D eigenvalue weighted by Gasteiger charge is -2.33. The average Bonchev–Trinajstić information content (AvgIpc) is 2.35. The van der Waals surface area contributed by atoms with E-state index in [-0.39, 0.29) is 6.42 Å². The summed E-state index contributed by atoms with van der Waals surface area (Å²) in [6.45, 7) is 0.619. The number of benzene rings is 1. The van der Waals surface area contributed by atoms with Crippen LogP contribution in [0, 0.1) is 0 Å². The fourth-order valence-electron chi connectivity index (χ4n) is 2.61. The summed E-state index contributed by atoms with van der Waals surface area (Å²) in [5.41, 5.74) is 2.80. The maximum atomic E-state index is 10.6. The Morgan fingerprint density at radius 2 is 2.24 bits per heavy atom. The van der Waals surface area contributed by atoms with Gasteiger partial charge >= 0.3 is 5.97 Å². The van der Waals surface area contributed by atoms with Crippen LogP contribution in [0.4, 0.5) is 0 Å². The molecule has 0 amide bonds. The van der Waals surface area contributed by atoms with Gasteiger partial charge in [-0.05, 0) is 37.4 Å². The van der Waals surface area contributed by atoms with Gasteiger partial charge in [0.25, 0.3) is 0 Å². The molecule has 0 aliphatic heterocycles. The minimum atomic E-state index is -0.721. The lowest BCUT2D eigenvalue weighted by Crippen LogP contribution is -2.29. The fourth-order valence-corrected chi connectivity index (χ4v) is 2.61. The number of hydrogen-bond donors (Lipinski definition) is 1. The number of fused-ring (bicyclic) bond motifs is 1. The summed E-state index contributed by atoms with van der Waals surface area (Å²) >= 11 is 0. The molecule has 17 heavy (non-hydrogen) atoms. The number of carboxylic acid groups (broad SMARTS) is 1. The van der Waals surface area contributed by atoms with Gasteiger partial charge in [-0.2, -0.15) is 0 Å². The van der Waals surface area contributed by atoms with Crippen molar-refractivity contribution in [3.63, 3.8) is 0 Å². The van der Waals surface area contributed by atoms with Gasteiger partial charge in [-0.1, -0.05) is 24.3 Å². The van der Waals surface area contributed by atoms with Crippen LogP contribution in [0.25, 0.3) is 0 Å². The van der Waals surface area contributed by atoms with Gasteiger partial charge in [-0.3, -0.25) is 9.69 Å². The highest BCUT2D eigenvalue weighted by molar-refractivity contribution is 5.66. The van der Waals surface area contributed by atoms with Crippen molar-refractivity contribution in [1.82, 2.24) is 4.90 Å². The Morgan fingerprint density at radius 1 is 1.47 bits per heavy atom. The average molecular weight is 233 g/mol. The Labute approximate surface area is 102 Å². The van der Waals surface area contributed by atoms with Crippen molar-refractivity contribution in [2.24, 2.45) is 0 Å². The van der Waals surface area contributed by atoms with E-state index in [1.165, 1.54) is 17.5 Å². The van der Waals surface area contributed by atoms with Crippen molar-refractivity contribution in [3.05, 3.63) is 35.4 Å². The second kappa shape index (κ2) is 5.32. The first-order chi connectivity index (χ1) is 8.18. The van der Waals surface area contributed by atoms with E-state index in [9.17, 15) is 4.79 Å². The molecule has 1 unspecified atom stereocenters. The first kappa shape index (κ1) is 12.1. The van der Waals surface area contributed by atoms with Crippen LogP contribution in [-0.4, -0.2) is 29.6 Å². The molecule has 1 aliphatic carbocycles. The summed E-state index contributed by atoms with van der Waals surface area (Å²) in [5, 5.41) is 8.73. The van der Waals surface area contributed by atoms with E-state index in [4.69, 9.17) is 5.11 Å². The van der Waals surface area contributed by atoms with Gasteiger partial charge in [-0.25, -0.2) is 0 Å². The summed E-state index contributed by atoms with van der Waals surface area (Å²) < 4.78 is 0. The summed E-state index contributed by atoms with van der Waals surface area (Å²) in [5.74, 6) is -0.721. The van der Waals surface area contributed by atoms with E-state index in [2.05, 4.69) is 29.2 Å². The molecule has 1 aromatic carbocycles. The summed E-state index contributed by atoms with van der Waals surface area (Å²) in [7, 11) is 2.02. The van der Waals surface area contributed by atoms with Crippen LogP contribution in [0.1, 0.15) is 36.4 Å². The Hall–Kier alpha value is -1.35. The number of nitrogens with zero attached hydrogens (tertiary/aromatic N) is 1. The Kier molecular flexibility index (Phi) is 3.79. The van der Waals surface area contributed by atoms with Crippen molar-refractivity contribution < 1.29 is 9.90 Å². The van der Waals surface area contributed by atoms with Gasteiger partial charge < -0.3 is 5.11 Å². The van der Waals surface area contributed by atoms with E-state index in [1.807, 2.05) is 7.05 Å². The Morgan fingerprint density at radius 3 is 3.00 bits per heavy atom. The molecular weight excluding hydrogens is 214 g/mol. The molecule has 92 valence electrons. The summed E-state index contributed by atoms with van der Waals surface area (Å²) in [6.07, 6.45) is 3.70. The SMILES string of the molecule is CN(CCC(=O)O)C1CCCc2ccccc21. The predicted molar refractivity (Wildman–Crippen MR) is 67.0 cm³/mol. The normalized spacial score (nSPS) is 19.1. The monoisotopic (exact) mass is 233 g/mol. The van der Waals surface area contributed by atoms with Crippen LogP contribution >= 0.6 is 0 Å². The molecule has 3 heteroatoms. The van der Waals surface area contributed by atoms with Gasteiger partial charge in [0.15, 0.2) is 0 Å². The summed E-state index contributed by atoms with van der Waals surface area (Å²) in [4.78, 5) is 12.8. The van der Waals surface area contributed by atoms with E-state index in [0.29, 0.717) is 12.6 Å². The molecule has 0 radical (unpaired) electrons. The third-order valence-electron chi connectivity index (χ3n) is 3.55. The molecule has 0 fully saturated rings. The van der Waals surface area contributed by atoms with Crippen LogP contribution in [0.3, 0.4) is 0 Å². The predicted octanol–water partition coefficient (Wildman–Crippen LogP) is 2.47. The number of carbonyl (C=O) groups is 1. The van der Waals surface area contributed by atoms with Gasteiger partial charge in [0, 0.05) is 12.6 Å². The molecule has 2 rings (SSSR count). The maximum Gasteiger partial charge on any atom is 0.304 e. The first-order valence-electron chi connectivity index (χ1n) is 6.18. The molecule has 0 heterocycles. The number of rotatable bonds is 4. The van der Waals surface area contributed by atoms with Crippen molar-refractivity contribution in [3.8, 4) is 0 Å². The second-order valence-corrected chi connectivity index (χ2v) is 4.73. The summed E-state index contributed by atoms with van der Waals surface area (Å²) in [6, 6.07) is 8.91. The van der Waals surface area contributed by atoms with E-state index in [1.54, 1.807) is 0 Å². The second-order valence-electron chi connectivity index (χ2n) is 4.73. The van der Waals surface area contributed by atoms with Crippen molar-refractivity contribution in [2.75, 3.05) is 13.6 Å². The third-order valence-corrected chi connectivity index (χ3v) is 3.55. The number of aliphatic carboxylic acids is 1. The van der Waals surface area contributed by atoms with Crippen LogP contribution < -0.4 is 0 Å². The van der Waals surface area contributed by atoms with E-state index in [0.717, 1.165) is 12.8 Å². The minimum absolute atomic E-state index is 0.217. The molecule has 1 aliphatic rings. The van der Waals surface area contributed by atoms with Crippen molar-refractivity contribution in [2.45, 2.75) is 31.7 Å². The molecule has 1 aromatic rings. The van der Waals surface area contributed by atoms with Crippen LogP contribution in [0.2, 0.25) is 0 Å². The molecular formula is C14H19NO2. The molecule has 1 N–H and O–H groups in total. The zero-order valence-electron chi connectivity index (χ0n) is 10.2. The molecule has 0 bridgehead atoms. The molecule has 0 saturated carbocycles. The highest BCUT2D eigenvalue weighted by atomic mass is 16.4. The lowest BCUT2D eigenvalue weighted by atomic mass is 9.87. The van der Waals surface area contributed by atoms with Crippen LogP contribution in [0.15, 0.2) is 24.3 Å². The molecule has 1 atom stereocenters. The topological polar surface area (TPSA) is 40.5 Å². The lowest BCUT2D eigenvalue weighted by molar-refractivity contribution is -0.137. The fraction of sp³-hybridized carbons (Fsp3) is 0.500. The zero-order valence-corrected chi connectivity index (χ0v) is 10.2. The molecule has 3 nitrogen and oxygen atoms in total. The standard InChI is InChI=1S/C14H19NO2/c1-15(10-9-14(16)17)13-8-4-6-11-5-2-3-7-12(11)13/h2-3,5,7,13H,4,6,8-10H2,1H3,(H,16,17). The van der Waals surface area contributed by atoms with Gasteiger partial charge in [0.1, 0.15) is 0 Å². The van der Waals surface area contributed by atoms with Crippen LogP contribution in [-0.2, 0) is 11.2 Å². The molecule has 0 saturated heterocycles. The van der Waals surface area contributed by atoms with Gasteiger partial charge in [0.2, 0.25) is 0 Å². The maximum absolute atomic E-state index is 10.6. The smallest absolute Gasteiger partial charge is 0.304 e. The number of hydrogen-bond acceptors (Lipinski definition) is 2. The van der Waals surface area contributed by atoms with Crippen LogP contribution in [0.5, 0.6) is 0 Å². The van der Waals surface area contributed by atoms with E-state index >= 15 is 0 Å². The first-order valence-corrected chi connectivity index (χ1v) is 6.18.